The monoisotopic (exact) mass is 385 g/mol. The summed E-state index contributed by atoms with van der Waals surface area (Å²) in [5.74, 6) is 1.96. The van der Waals surface area contributed by atoms with Crippen molar-refractivity contribution in [2.75, 3.05) is 21.3 Å². The molecule has 0 radical (unpaired) electrons. The molecule has 28 heavy (non-hydrogen) atoms. The van der Waals surface area contributed by atoms with Crippen molar-refractivity contribution < 1.29 is 23.7 Å². The van der Waals surface area contributed by atoms with Crippen LogP contribution in [0.1, 0.15) is 41.9 Å². The minimum absolute atomic E-state index is 0.498. The number of ether oxygens (including phenoxy) is 5. The van der Waals surface area contributed by atoms with E-state index in [1.165, 1.54) is 0 Å². The Hall–Kier alpha value is -2.73. The van der Waals surface area contributed by atoms with Crippen LogP contribution in [0.25, 0.3) is 12.2 Å². The summed E-state index contributed by atoms with van der Waals surface area (Å²) in [6.07, 6.45) is 3.92. The highest BCUT2D eigenvalue weighted by molar-refractivity contribution is 5.76. The molecule has 0 saturated heterocycles. The molecule has 6 nitrogen and oxygen atoms in total. The number of nitrogens with zero attached hydrogens (tertiary/aromatic N) is 1. The van der Waals surface area contributed by atoms with Gasteiger partial charge < -0.3 is 23.7 Å². The quantitative estimate of drug-likeness (QED) is 0.753. The molecule has 0 aliphatic carbocycles. The molecule has 6 heteroatoms. The molecule has 0 amide bonds. The molecule has 1 aliphatic heterocycles. The molecule has 0 N–H and O–H groups in total. The Morgan fingerprint density at radius 1 is 1.00 bits per heavy atom. The molecule has 0 atom stereocenters. The maximum atomic E-state index is 5.98. The van der Waals surface area contributed by atoms with Gasteiger partial charge >= 0.3 is 0 Å². The van der Waals surface area contributed by atoms with E-state index in [4.69, 9.17) is 28.7 Å². The molecule has 1 aromatic carbocycles. The molecule has 1 aliphatic rings. The Balaban J connectivity index is 2.01. The van der Waals surface area contributed by atoms with Gasteiger partial charge in [-0.3, -0.25) is 0 Å². The fraction of sp³-hybridized carbons (Fsp3) is 0.409. The van der Waals surface area contributed by atoms with Crippen molar-refractivity contribution in [3.05, 3.63) is 40.2 Å². The molecule has 0 unspecified atom stereocenters. The molecule has 2 heterocycles. The zero-order chi connectivity index (χ0) is 20.5. The molecule has 1 aromatic heterocycles. The van der Waals surface area contributed by atoms with Crippen LogP contribution in [0.5, 0.6) is 23.0 Å². The largest absolute Gasteiger partial charge is 0.493 e. The van der Waals surface area contributed by atoms with Crippen LogP contribution < -0.4 is 18.9 Å². The highest BCUT2D eigenvalue weighted by Crippen LogP contribution is 2.41. The van der Waals surface area contributed by atoms with Crippen molar-refractivity contribution in [2.24, 2.45) is 0 Å². The summed E-state index contributed by atoms with van der Waals surface area (Å²) in [7, 11) is 4.80. The van der Waals surface area contributed by atoms with Crippen molar-refractivity contribution >= 4 is 12.2 Å². The van der Waals surface area contributed by atoms with E-state index in [1.807, 2.05) is 52.0 Å². The van der Waals surface area contributed by atoms with E-state index in [0.717, 1.165) is 33.8 Å². The van der Waals surface area contributed by atoms with Gasteiger partial charge in [-0.25, -0.2) is 4.98 Å². The summed E-state index contributed by atoms with van der Waals surface area (Å²) in [4.78, 5) is 4.73. The third-order valence-electron chi connectivity index (χ3n) is 4.80. The third kappa shape index (κ3) is 3.64. The molecule has 0 spiro atoms. The molecule has 0 bridgehead atoms. The molecule has 0 saturated carbocycles. The van der Waals surface area contributed by atoms with Crippen molar-refractivity contribution in [3.8, 4) is 23.0 Å². The Labute approximate surface area is 166 Å². The van der Waals surface area contributed by atoms with Gasteiger partial charge in [0.15, 0.2) is 11.5 Å². The van der Waals surface area contributed by atoms with Crippen LogP contribution >= 0.6 is 0 Å². The Morgan fingerprint density at radius 3 is 2.36 bits per heavy atom. The van der Waals surface area contributed by atoms with Crippen LogP contribution in [0.15, 0.2) is 12.1 Å². The number of fused-ring (bicyclic) bond motifs is 1. The smallest absolute Gasteiger partial charge is 0.205 e. The lowest BCUT2D eigenvalue weighted by Gasteiger charge is -2.34. The summed E-state index contributed by atoms with van der Waals surface area (Å²) in [6, 6.07) is 3.77. The predicted octanol–water partition coefficient (Wildman–Crippen LogP) is 4.54. The van der Waals surface area contributed by atoms with E-state index in [0.29, 0.717) is 23.9 Å². The number of hydrogen-bond acceptors (Lipinski definition) is 6. The number of benzene rings is 1. The zero-order valence-electron chi connectivity index (χ0n) is 17.5. The number of rotatable bonds is 5. The van der Waals surface area contributed by atoms with Gasteiger partial charge in [-0.05, 0) is 43.7 Å². The first-order valence-electron chi connectivity index (χ1n) is 9.11. The summed E-state index contributed by atoms with van der Waals surface area (Å²) >= 11 is 0. The fourth-order valence-corrected chi connectivity index (χ4v) is 3.28. The standard InChI is InChI=1S/C22H27NO5/c1-13-16-12-27-22(3,4)28-19(16)14(2)23-17(13)10-8-15-9-11-18(24-5)21(26-7)20(15)25-6/h8-11H,12H2,1-7H3/b10-8+. The van der Waals surface area contributed by atoms with Crippen LogP contribution in [-0.2, 0) is 11.3 Å². The Morgan fingerprint density at radius 2 is 1.71 bits per heavy atom. The van der Waals surface area contributed by atoms with Crippen LogP contribution in [0.4, 0.5) is 0 Å². The summed E-state index contributed by atoms with van der Waals surface area (Å²) < 4.78 is 28.1. The predicted molar refractivity (Wildman–Crippen MR) is 108 cm³/mol. The molecule has 3 rings (SSSR count). The van der Waals surface area contributed by atoms with E-state index >= 15 is 0 Å². The minimum Gasteiger partial charge on any atom is -0.493 e. The lowest BCUT2D eigenvalue weighted by molar-refractivity contribution is -0.180. The van der Waals surface area contributed by atoms with E-state index in [1.54, 1.807) is 21.3 Å². The molecule has 0 fully saturated rings. The van der Waals surface area contributed by atoms with E-state index in [-0.39, 0.29) is 0 Å². The van der Waals surface area contributed by atoms with Crippen molar-refractivity contribution in [1.29, 1.82) is 0 Å². The van der Waals surface area contributed by atoms with Crippen LogP contribution in [0.3, 0.4) is 0 Å². The van der Waals surface area contributed by atoms with Crippen molar-refractivity contribution in [1.82, 2.24) is 4.98 Å². The van der Waals surface area contributed by atoms with Crippen molar-refractivity contribution in [2.45, 2.75) is 40.1 Å². The van der Waals surface area contributed by atoms with Gasteiger partial charge in [0.05, 0.1) is 39.3 Å². The second-order valence-corrected chi connectivity index (χ2v) is 7.06. The number of methoxy groups -OCH3 is 3. The third-order valence-corrected chi connectivity index (χ3v) is 4.80. The summed E-state index contributed by atoms with van der Waals surface area (Å²) in [6.45, 7) is 8.29. The van der Waals surface area contributed by atoms with Crippen molar-refractivity contribution in [3.63, 3.8) is 0 Å². The van der Waals surface area contributed by atoms with Gasteiger partial charge in [-0.1, -0.05) is 0 Å². The lowest BCUT2D eigenvalue weighted by atomic mass is 10.0. The van der Waals surface area contributed by atoms with E-state index < -0.39 is 5.79 Å². The van der Waals surface area contributed by atoms with Crippen LogP contribution in [0, 0.1) is 13.8 Å². The highest BCUT2D eigenvalue weighted by atomic mass is 16.7. The first-order valence-corrected chi connectivity index (χ1v) is 9.11. The lowest BCUT2D eigenvalue weighted by Crippen LogP contribution is -2.36. The molecule has 150 valence electrons. The second kappa shape index (κ2) is 7.72. The normalized spacial score (nSPS) is 15.1. The molecule has 2 aromatic rings. The number of hydrogen-bond donors (Lipinski definition) is 0. The van der Waals surface area contributed by atoms with Crippen LogP contribution in [-0.4, -0.2) is 32.1 Å². The van der Waals surface area contributed by atoms with Gasteiger partial charge in [0.2, 0.25) is 11.5 Å². The van der Waals surface area contributed by atoms with Gasteiger partial charge in [0.25, 0.3) is 0 Å². The highest BCUT2D eigenvalue weighted by Gasteiger charge is 2.30. The molecular weight excluding hydrogens is 358 g/mol. The Bertz CT molecular complexity index is 918. The SMILES string of the molecule is COc1ccc(/C=C/c2nc(C)c3c(c2C)COC(C)(C)O3)c(OC)c1OC. The topological polar surface area (TPSA) is 59.0 Å². The van der Waals surface area contributed by atoms with E-state index in [9.17, 15) is 0 Å². The van der Waals surface area contributed by atoms with Gasteiger partial charge in [0, 0.05) is 25.0 Å². The summed E-state index contributed by atoms with van der Waals surface area (Å²) in [5, 5.41) is 0. The number of aromatic nitrogens is 1. The fourth-order valence-electron chi connectivity index (χ4n) is 3.28. The summed E-state index contributed by atoms with van der Waals surface area (Å²) in [5.41, 5.74) is 4.64. The number of aryl methyl sites for hydroxylation is 1. The van der Waals surface area contributed by atoms with Gasteiger partial charge in [-0.2, -0.15) is 0 Å². The second-order valence-electron chi connectivity index (χ2n) is 7.06. The first kappa shape index (κ1) is 20.0. The maximum absolute atomic E-state index is 5.98. The molecular formula is C22H27NO5. The Kier molecular flexibility index (Phi) is 5.52. The maximum Gasteiger partial charge on any atom is 0.205 e. The van der Waals surface area contributed by atoms with Crippen LogP contribution in [0.2, 0.25) is 0 Å². The van der Waals surface area contributed by atoms with Gasteiger partial charge in [0.1, 0.15) is 5.75 Å². The zero-order valence-corrected chi connectivity index (χ0v) is 17.5. The van der Waals surface area contributed by atoms with Gasteiger partial charge in [-0.15, -0.1) is 0 Å². The minimum atomic E-state index is -0.643. The number of pyridine rings is 1. The van der Waals surface area contributed by atoms with E-state index in [2.05, 4.69) is 0 Å². The first-order chi connectivity index (χ1) is 13.3. The average Bonchev–Trinajstić information content (AvgIpc) is 2.67. The average molecular weight is 385 g/mol.